The second-order valence-electron chi connectivity index (χ2n) is 1.14. The van der Waals surface area contributed by atoms with E-state index in [2.05, 4.69) is 15.2 Å². The van der Waals surface area contributed by atoms with Crippen LogP contribution >= 0.6 is 0 Å². The molecule has 0 rings (SSSR count). The van der Waals surface area contributed by atoms with E-state index in [1.165, 1.54) is 0 Å². The number of amidine groups is 1. The third-order valence-corrected chi connectivity index (χ3v) is 0.612. The third kappa shape index (κ3) is 3.09. The molecule has 0 unspecified atom stereocenters. The van der Waals surface area contributed by atoms with Crippen LogP contribution < -0.4 is 4.99 Å². The first kappa shape index (κ1) is 6.27. The van der Waals surface area contributed by atoms with E-state index in [0.717, 1.165) is 5.84 Å². The second kappa shape index (κ2) is 3.46. The standard InChI is InChI=1S/C4H9N3/c1-4(5-2)7-6-3/h1-3H3/p+1. The third-order valence-electron chi connectivity index (χ3n) is 0.612. The number of rotatable bonds is 0. The van der Waals surface area contributed by atoms with Crippen LogP contribution in [0.4, 0.5) is 0 Å². The lowest BCUT2D eigenvalue weighted by molar-refractivity contribution is -0.421. The van der Waals surface area contributed by atoms with Crippen molar-refractivity contribution < 1.29 is 4.99 Å². The molecule has 0 heterocycles. The number of azo groups is 1. The highest BCUT2D eigenvalue weighted by Gasteiger charge is 1.87. The first-order valence-electron chi connectivity index (χ1n) is 2.12. The Kier molecular flexibility index (Phi) is 3.10. The van der Waals surface area contributed by atoms with Gasteiger partial charge in [0, 0.05) is 6.92 Å². The molecular weight excluding hydrogens is 90.1 g/mol. The van der Waals surface area contributed by atoms with Crippen LogP contribution in [-0.2, 0) is 0 Å². The van der Waals surface area contributed by atoms with Crippen LogP contribution in [0.15, 0.2) is 10.2 Å². The molecule has 3 heteroatoms. The first-order valence-corrected chi connectivity index (χ1v) is 2.12. The fourth-order valence-corrected chi connectivity index (χ4v) is 0.200. The summed E-state index contributed by atoms with van der Waals surface area (Å²) in [7, 11) is 3.45. The molecule has 0 bridgehead atoms. The van der Waals surface area contributed by atoms with Crippen molar-refractivity contribution in [2.75, 3.05) is 14.1 Å². The highest BCUT2D eigenvalue weighted by atomic mass is 15.1. The van der Waals surface area contributed by atoms with Crippen LogP contribution in [0.1, 0.15) is 6.92 Å². The molecule has 0 amide bonds. The van der Waals surface area contributed by atoms with Gasteiger partial charge < -0.3 is 0 Å². The Balaban J connectivity index is 3.58. The highest BCUT2D eigenvalue weighted by Crippen LogP contribution is 1.65. The Morgan fingerprint density at radius 3 is 2.29 bits per heavy atom. The number of nitrogens with zero attached hydrogens (tertiary/aromatic N) is 2. The minimum Gasteiger partial charge on any atom is -0.276 e. The molecule has 0 radical (unpaired) electrons. The molecule has 1 N–H and O–H groups in total. The zero-order chi connectivity index (χ0) is 5.70. The van der Waals surface area contributed by atoms with Crippen LogP contribution in [0.2, 0.25) is 0 Å². The fourth-order valence-electron chi connectivity index (χ4n) is 0.200. The molecular formula is C4H10N3+. The molecule has 0 aromatic heterocycles. The second-order valence-corrected chi connectivity index (χ2v) is 1.14. The molecule has 7 heavy (non-hydrogen) atoms. The van der Waals surface area contributed by atoms with Gasteiger partial charge in [0.25, 0.3) is 0 Å². The monoisotopic (exact) mass is 100 g/mol. The van der Waals surface area contributed by atoms with Gasteiger partial charge >= 0.3 is 5.84 Å². The summed E-state index contributed by atoms with van der Waals surface area (Å²) in [5.74, 6) is 0.836. The fraction of sp³-hybridized carbons (Fsp3) is 0.750. The van der Waals surface area contributed by atoms with Crippen molar-refractivity contribution in [1.82, 2.24) is 0 Å². The molecule has 0 saturated carbocycles. The van der Waals surface area contributed by atoms with Crippen LogP contribution in [0.3, 0.4) is 0 Å². The summed E-state index contributed by atoms with van der Waals surface area (Å²) >= 11 is 0. The summed E-state index contributed by atoms with van der Waals surface area (Å²) in [6.07, 6.45) is 0. The molecule has 0 aromatic rings. The summed E-state index contributed by atoms with van der Waals surface area (Å²) in [6, 6.07) is 0. The Morgan fingerprint density at radius 1 is 1.57 bits per heavy atom. The van der Waals surface area contributed by atoms with Crippen molar-refractivity contribution in [2.45, 2.75) is 6.92 Å². The van der Waals surface area contributed by atoms with Crippen molar-refractivity contribution in [3.8, 4) is 0 Å². The average molecular weight is 100 g/mol. The predicted molar refractivity (Wildman–Crippen MR) is 28.3 cm³/mol. The van der Waals surface area contributed by atoms with E-state index in [-0.39, 0.29) is 0 Å². The zero-order valence-electron chi connectivity index (χ0n) is 4.89. The molecule has 0 aliphatic rings. The molecule has 0 spiro atoms. The Bertz CT molecular complexity index is 93.1. The number of hydrogen-bond donors (Lipinski definition) is 1. The molecule has 0 saturated heterocycles. The molecule has 0 atom stereocenters. The normalized spacial score (nSPS) is 13.3. The van der Waals surface area contributed by atoms with E-state index in [4.69, 9.17) is 0 Å². The minimum atomic E-state index is 0.836. The summed E-state index contributed by atoms with van der Waals surface area (Å²) in [5, 5.41) is 7.21. The SMILES string of the molecule is CN=NC(C)=[NH+]C. The molecule has 0 aliphatic carbocycles. The predicted octanol–water partition coefficient (Wildman–Crippen LogP) is -0.803. The summed E-state index contributed by atoms with van der Waals surface area (Å²) < 4.78 is 0. The van der Waals surface area contributed by atoms with Crippen molar-refractivity contribution in [1.29, 1.82) is 0 Å². The molecule has 40 valence electrons. The van der Waals surface area contributed by atoms with Crippen LogP contribution in [0.25, 0.3) is 0 Å². The maximum atomic E-state index is 3.67. The van der Waals surface area contributed by atoms with E-state index in [0.29, 0.717) is 0 Å². The van der Waals surface area contributed by atoms with Gasteiger partial charge in [-0.2, -0.15) is 0 Å². The molecule has 0 fully saturated rings. The molecule has 0 aromatic carbocycles. The van der Waals surface area contributed by atoms with Gasteiger partial charge in [-0.1, -0.05) is 5.11 Å². The van der Waals surface area contributed by atoms with E-state index >= 15 is 0 Å². The number of hydrogen-bond acceptors (Lipinski definition) is 1. The largest absolute Gasteiger partial charge is 0.315 e. The van der Waals surface area contributed by atoms with Gasteiger partial charge in [-0.15, -0.1) is 0 Å². The summed E-state index contributed by atoms with van der Waals surface area (Å²) in [4.78, 5) is 2.82. The van der Waals surface area contributed by atoms with Gasteiger partial charge in [-0.05, 0) is 0 Å². The van der Waals surface area contributed by atoms with Gasteiger partial charge in [0.05, 0.1) is 19.2 Å². The lowest BCUT2D eigenvalue weighted by Crippen LogP contribution is -2.66. The summed E-state index contributed by atoms with van der Waals surface area (Å²) in [5.41, 5.74) is 0. The Labute approximate surface area is 43.2 Å². The lowest BCUT2D eigenvalue weighted by atomic mass is 10.7. The molecule has 3 nitrogen and oxygen atoms in total. The quantitative estimate of drug-likeness (QED) is 0.235. The Hall–Kier alpha value is -0.730. The van der Waals surface area contributed by atoms with Gasteiger partial charge in [0.1, 0.15) is 0 Å². The van der Waals surface area contributed by atoms with Gasteiger partial charge in [-0.3, -0.25) is 4.99 Å². The average Bonchev–Trinajstić information content (AvgIpc) is 1.68. The minimum absolute atomic E-state index is 0.836. The van der Waals surface area contributed by atoms with Crippen LogP contribution in [-0.4, -0.2) is 19.9 Å². The van der Waals surface area contributed by atoms with Crippen molar-refractivity contribution in [3.05, 3.63) is 0 Å². The lowest BCUT2D eigenvalue weighted by Gasteiger charge is -1.67. The van der Waals surface area contributed by atoms with Crippen LogP contribution in [0, 0.1) is 0 Å². The highest BCUT2D eigenvalue weighted by molar-refractivity contribution is 5.73. The smallest absolute Gasteiger partial charge is 0.276 e. The van der Waals surface area contributed by atoms with E-state index in [1.54, 1.807) is 7.05 Å². The number of nitrogens with one attached hydrogen (secondary N) is 1. The van der Waals surface area contributed by atoms with Crippen LogP contribution in [0.5, 0.6) is 0 Å². The van der Waals surface area contributed by atoms with E-state index in [9.17, 15) is 0 Å². The van der Waals surface area contributed by atoms with E-state index in [1.807, 2.05) is 14.0 Å². The zero-order valence-corrected chi connectivity index (χ0v) is 4.89. The topological polar surface area (TPSA) is 38.7 Å². The van der Waals surface area contributed by atoms with Crippen molar-refractivity contribution >= 4 is 5.84 Å². The van der Waals surface area contributed by atoms with Crippen molar-refractivity contribution in [3.63, 3.8) is 0 Å². The van der Waals surface area contributed by atoms with E-state index < -0.39 is 0 Å². The maximum absolute atomic E-state index is 3.67. The first-order chi connectivity index (χ1) is 3.31. The van der Waals surface area contributed by atoms with Gasteiger partial charge in [-0.25, -0.2) is 0 Å². The van der Waals surface area contributed by atoms with Crippen molar-refractivity contribution in [2.24, 2.45) is 10.2 Å². The van der Waals surface area contributed by atoms with Gasteiger partial charge in [0.2, 0.25) is 0 Å². The summed E-state index contributed by atoms with van der Waals surface area (Å²) in [6.45, 7) is 1.85. The Morgan fingerprint density at radius 2 is 2.14 bits per heavy atom. The maximum Gasteiger partial charge on any atom is 0.315 e. The van der Waals surface area contributed by atoms with Gasteiger partial charge in [0.15, 0.2) is 0 Å². The molecule has 0 aliphatic heterocycles.